The van der Waals surface area contributed by atoms with Gasteiger partial charge in [-0.25, -0.2) is 0 Å². The lowest BCUT2D eigenvalue weighted by Crippen LogP contribution is -2.05. The van der Waals surface area contributed by atoms with Gasteiger partial charge in [-0.2, -0.15) is 0 Å². The zero-order valence-electron chi connectivity index (χ0n) is 9.85. The van der Waals surface area contributed by atoms with Gasteiger partial charge < -0.3 is 9.47 Å². The molecule has 0 amide bonds. The summed E-state index contributed by atoms with van der Waals surface area (Å²) in [7, 11) is 0. The Kier molecular flexibility index (Phi) is 6.20. The molecule has 0 saturated heterocycles. The van der Waals surface area contributed by atoms with Gasteiger partial charge in [0.2, 0.25) is 0 Å². The van der Waals surface area contributed by atoms with E-state index in [4.69, 9.17) is 9.47 Å². The van der Waals surface area contributed by atoms with E-state index in [-0.39, 0.29) is 25.0 Å². The molecule has 17 heavy (non-hydrogen) atoms. The summed E-state index contributed by atoms with van der Waals surface area (Å²) in [6.07, 6.45) is 1.57. The molecule has 0 spiro atoms. The molecule has 0 saturated carbocycles. The Balaban J connectivity index is 0.00000256. The van der Waals surface area contributed by atoms with Gasteiger partial charge in [-0.3, -0.25) is 14.6 Å². The predicted octanol–water partition coefficient (Wildman–Crippen LogP) is 1.80. The van der Waals surface area contributed by atoms with E-state index in [9.17, 15) is 9.59 Å². The van der Waals surface area contributed by atoms with Gasteiger partial charge in [0.1, 0.15) is 6.61 Å². The lowest BCUT2D eigenvalue weighted by atomic mass is 10.2. The van der Waals surface area contributed by atoms with Crippen LogP contribution in [-0.4, -0.2) is 16.9 Å². The zero-order chi connectivity index (χ0) is 12.1. The average molecular weight is 260 g/mol. The van der Waals surface area contributed by atoms with Crippen molar-refractivity contribution >= 4 is 24.3 Å². The van der Waals surface area contributed by atoms with Crippen molar-refractivity contribution in [2.24, 2.45) is 0 Å². The number of ether oxygens (including phenoxy) is 2. The van der Waals surface area contributed by atoms with Gasteiger partial charge >= 0.3 is 11.9 Å². The highest BCUT2D eigenvalue weighted by molar-refractivity contribution is 5.85. The summed E-state index contributed by atoms with van der Waals surface area (Å²) in [4.78, 5) is 25.5. The molecule has 0 aliphatic heterocycles. The molecular weight excluding hydrogens is 246 g/mol. The Labute approximate surface area is 106 Å². The first-order valence-electron chi connectivity index (χ1n) is 4.76. The van der Waals surface area contributed by atoms with Crippen molar-refractivity contribution in [3.8, 4) is 5.75 Å². The number of carbonyl (C=O) groups is 2. The van der Waals surface area contributed by atoms with E-state index >= 15 is 0 Å². The maximum absolute atomic E-state index is 10.8. The number of nitrogens with zero attached hydrogens (tertiary/aromatic N) is 1. The number of pyridine rings is 1. The van der Waals surface area contributed by atoms with Crippen LogP contribution in [0.1, 0.15) is 25.1 Å². The highest BCUT2D eigenvalue weighted by Crippen LogP contribution is 2.17. The molecule has 0 fully saturated rings. The highest BCUT2D eigenvalue weighted by atomic mass is 35.5. The van der Waals surface area contributed by atoms with Gasteiger partial charge in [0, 0.05) is 25.6 Å². The van der Waals surface area contributed by atoms with Crippen molar-refractivity contribution in [3.63, 3.8) is 0 Å². The molecule has 0 aliphatic rings. The van der Waals surface area contributed by atoms with E-state index in [0.717, 1.165) is 0 Å². The fourth-order valence-corrected chi connectivity index (χ4v) is 1.08. The standard InChI is InChI=1S/C11H13NO4.ClH/c1-7-11(16-9(3)14)4-10(5-12-7)6-15-8(2)13;/h4-5H,6H2,1-3H3;1H. The lowest BCUT2D eigenvalue weighted by molar-refractivity contribution is -0.142. The molecule has 0 aliphatic carbocycles. The molecule has 1 aromatic heterocycles. The van der Waals surface area contributed by atoms with Crippen LogP contribution in [0.15, 0.2) is 12.3 Å². The van der Waals surface area contributed by atoms with Crippen molar-refractivity contribution in [1.29, 1.82) is 0 Å². The number of halogens is 1. The van der Waals surface area contributed by atoms with Crippen LogP contribution in [0.3, 0.4) is 0 Å². The van der Waals surface area contributed by atoms with Crippen molar-refractivity contribution in [3.05, 3.63) is 23.5 Å². The number of rotatable bonds is 3. The second-order valence-electron chi connectivity index (χ2n) is 3.30. The van der Waals surface area contributed by atoms with Crippen LogP contribution in [0.2, 0.25) is 0 Å². The third-order valence-corrected chi connectivity index (χ3v) is 1.79. The van der Waals surface area contributed by atoms with Gasteiger partial charge in [0.25, 0.3) is 0 Å². The van der Waals surface area contributed by atoms with E-state index in [1.807, 2.05) is 0 Å². The third-order valence-electron chi connectivity index (χ3n) is 1.79. The quantitative estimate of drug-likeness (QED) is 0.775. The normalized spacial score (nSPS) is 9.12. The first kappa shape index (κ1) is 15.4. The third kappa shape index (κ3) is 5.31. The molecule has 6 heteroatoms. The van der Waals surface area contributed by atoms with Crippen LogP contribution >= 0.6 is 12.4 Å². The van der Waals surface area contributed by atoms with Gasteiger partial charge in [-0.05, 0) is 13.0 Å². The molecule has 0 unspecified atom stereocenters. The number of aromatic nitrogens is 1. The van der Waals surface area contributed by atoms with Gasteiger partial charge in [0.05, 0.1) is 5.69 Å². The molecule has 0 aromatic carbocycles. The Morgan fingerprint density at radius 2 is 1.94 bits per heavy atom. The summed E-state index contributed by atoms with van der Waals surface area (Å²) in [5.41, 5.74) is 1.29. The maximum atomic E-state index is 10.8. The minimum Gasteiger partial charge on any atom is -0.461 e. The van der Waals surface area contributed by atoms with Crippen molar-refractivity contribution in [1.82, 2.24) is 4.98 Å². The zero-order valence-corrected chi connectivity index (χ0v) is 10.7. The number of hydrogen-bond acceptors (Lipinski definition) is 5. The molecule has 1 rings (SSSR count). The SMILES string of the molecule is CC(=O)OCc1cnc(C)c(OC(C)=O)c1.Cl. The maximum Gasteiger partial charge on any atom is 0.308 e. The van der Waals surface area contributed by atoms with Gasteiger partial charge in [-0.15, -0.1) is 12.4 Å². The molecule has 0 N–H and O–H groups in total. The molecular formula is C11H14ClNO4. The Morgan fingerprint density at radius 1 is 1.29 bits per heavy atom. The molecule has 1 heterocycles. The average Bonchev–Trinajstić information content (AvgIpc) is 2.18. The molecule has 0 bridgehead atoms. The van der Waals surface area contributed by atoms with Crippen molar-refractivity contribution in [2.45, 2.75) is 27.4 Å². The monoisotopic (exact) mass is 259 g/mol. The van der Waals surface area contributed by atoms with E-state index in [0.29, 0.717) is 17.0 Å². The van der Waals surface area contributed by atoms with Crippen LogP contribution in [0.5, 0.6) is 5.75 Å². The van der Waals surface area contributed by atoms with Crippen molar-refractivity contribution in [2.75, 3.05) is 0 Å². The molecule has 0 radical (unpaired) electrons. The minimum atomic E-state index is -0.408. The number of aryl methyl sites for hydroxylation is 1. The molecule has 1 aromatic rings. The molecule has 5 nitrogen and oxygen atoms in total. The second kappa shape index (κ2) is 6.85. The predicted molar refractivity (Wildman–Crippen MR) is 63.0 cm³/mol. The minimum absolute atomic E-state index is 0. The summed E-state index contributed by atoms with van der Waals surface area (Å²) in [5.74, 6) is -0.388. The van der Waals surface area contributed by atoms with E-state index in [1.165, 1.54) is 13.8 Å². The lowest BCUT2D eigenvalue weighted by Gasteiger charge is -2.07. The number of esters is 2. The van der Waals surface area contributed by atoms with Crippen LogP contribution in [0.25, 0.3) is 0 Å². The summed E-state index contributed by atoms with van der Waals surface area (Å²) in [6.45, 7) is 4.50. The fraction of sp³-hybridized carbons (Fsp3) is 0.364. The first-order valence-corrected chi connectivity index (χ1v) is 4.76. The van der Waals surface area contributed by atoms with E-state index in [2.05, 4.69) is 4.98 Å². The smallest absolute Gasteiger partial charge is 0.308 e. The second-order valence-corrected chi connectivity index (χ2v) is 3.30. The summed E-state index contributed by atoms with van der Waals surface area (Å²) in [6, 6.07) is 1.63. The van der Waals surface area contributed by atoms with Gasteiger partial charge in [-0.1, -0.05) is 0 Å². The van der Waals surface area contributed by atoms with E-state index in [1.54, 1.807) is 19.2 Å². The summed E-state index contributed by atoms with van der Waals surface area (Å²) < 4.78 is 9.76. The van der Waals surface area contributed by atoms with Crippen LogP contribution in [0, 0.1) is 6.92 Å². The van der Waals surface area contributed by atoms with Crippen LogP contribution in [0.4, 0.5) is 0 Å². The number of carbonyl (C=O) groups excluding carboxylic acids is 2. The summed E-state index contributed by atoms with van der Waals surface area (Å²) >= 11 is 0. The molecule has 94 valence electrons. The van der Waals surface area contributed by atoms with Crippen molar-refractivity contribution < 1.29 is 19.1 Å². The molecule has 0 atom stereocenters. The first-order chi connectivity index (χ1) is 7.49. The fourth-order valence-electron chi connectivity index (χ4n) is 1.08. The highest BCUT2D eigenvalue weighted by Gasteiger charge is 2.06. The van der Waals surface area contributed by atoms with Crippen LogP contribution < -0.4 is 4.74 Å². The Bertz CT molecular complexity index is 420. The Hall–Kier alpha value is -1.62. The Morgan fingerprint density at radius 3 is 2.47 bits per heavy atom. The topological polar surface area (TPSA) is 65.5 Å². The van der Waals surface area contributed by atoms with Crippen LogP contribution in [-0.2, 0) is 20.9 Å². The number of hydrogen-bond donors (Lipinski definition) is 0. The van der Waals surface area contributed by atoms with E-state index < -0.39 is 5.97 Å². The van der Waals surface area contributed by atoms with Gasteiger partial charge in [0.15, 0.2) is 5.75 Å². The largest absolute Gasteiger partial charge is 0.461 e. The summed E-state index contributed by atoms with van der Waals surface area (Å²) in [5, 5.41) is 0.